The second-order valence-electron chi connectivity index (χ2n) is 15.4. The van der Waals surface area contributed by atoms with Crippen LogP contribution in [0.5, 0.6) is 0 Å². The molecule has 0 unspecified atom stereocenters. The summed E-state index contributed by atoms with van der Waals surface area (Å²) < 4.78 is 22.6. The van der Waals surface area contributed by atoms with E-state index in [2.05, 4.69) is 19.9 Å². The number of carbonyl (C=O) groups is 2. The Balaban J connectivity index is 0.000000144. The third kappa shape index (κ3) is 5.83. The molecule has 2 amide bonds. The highest BCUT2D eigenvalue weighted by Crippen LogP contribution is 2.47. The molecule has 0 spiro atoms. The van der Waals surface area contributed by atoms with Crippen LogP contribution in [0.4, 0.5) is 11.4 Å². The molecule has 12 nitrogen and oxygen atoms in total. The van der Waals surface area contributed by atoms with Crippen molar-refractivity contribution in [1.29, 1.82) is 0 Å². The maximum atomic E-state index is 13.0. The van der Waals surface area contributed by atoms with E-state index in [9.17, 15) is 9.59 Å². The number of amides is 2. The number of hydrogen-bond donors (Lipinski definition) is 0. The van der Waals surface area contributed by atoms with E-state index in [1.807, 2.05) is 105 Å². The molecule has 10 rings (SSSR count). The average molecular weight is 737 g/mol. The first-order valence-corrected chi connectivity index (χ1v) is 18.4. The van der Waals surface area contributed by atoms with E-state index < -0.39 is 10.8 Å². The van der Waals surface area contributed by atoms with Gasteiger partial charge >= 0.3 is 0 Å². The molecule has 278 valence electrons. The Morgan fingerprint density at radius 3 is 1.51 bits per heavy atom. The lowest BCUT2D eigenvalue weighted by atomic mass is 9.86. The van der Waals surface area contributed by atoms with Crippen molar-refractivity contribution in [1.82, 2.24) is 19.9 Å². The Morgan fingerprint density at radius 2 is 1.09 bits per heavy atom. The van der Waals surface area contributed by atoms with Crippen LogP contribution in [0.25, 0.3) is 45.6 Å². The lowest BCUT2D eigenvalue weighted by Crippen LogP contribution is -2.52. The summed E-state index contributed by atoms with van der Waals surface area (Å²) in [6.07, 6.45) is 8.62. The zero-order chi connectivity index (χ0) is 38.1. The van der Waals surface area contributed by atoms with E-state index in [-0.39, 0.29) is 23.9 Å². The predicted molar refractivity (Wildman–Crippen MR) is 205 cm³/mol. The van der Waals surface area contributed by atoms with Gasteiger partial charge in [-0.05, 0) is 82.1 Å². The van der Waals surface area contributed by atoms with Crippen LogP contribution in [-0.4, -0.2) is 70.3 Å². The molecule has 6 aromatic rings. The number of carbonyl (C=O) groups excluding carboxylic acids is 2. The molecule has 4 aromatic heterocycles. The number of aryl methyl sites for hydroxylation is 1. The highest BCUT2D eigenvalue weighted by molar-refractivity contribution is 6.09. The number of ether oxygens (including phenoxy) is 2. The number of aromatic nitrogens is 4. The number of benzene rings is 2. The minimum absolute atomic E-state index is 0.104. The van der Waals surface area contributed by atoms with E-state index in [1.54, 1.807) is 31.0 Å². The molecule has 55 heavy (non-hydrogen) atoms. The van der Waals surface area contributed by atoms with Gasteiger partial charge in [-0.1, -0.05) is 24.3 Å². The van der Waals surface area contributed by atoms with Gasteiger partial charge in [-0.15, -0.1) is 0 Å². The molecule has 2 saturated heterocycles. The Hall–Kier alpha value is -5.98. The molecule has 4 aliphatic rings. The second-order valence-corrected chi connectivity index (χ2v) is 15.4. The number of oxazole rings is 2. The first kappa shape index (κ1) is 34.8. The highest BCUT2D eigenvalue weighted by Gasteiger charge is 2.49. The summed E-state index contributed by atoms with van der Waals surface area (Å²) in [4.78, 5) is 47.0. The van der Waals surface area contributed by atoms with Crippen LogP contribution in [0.2, 0.25) is 0 Å². The van der Waals surface area contributed by atoms with Crippen LogP contribution in [0.1, 0.15) is 44.5 Å². The fourth-order valence-corrected chi connectivity index (χ4v) is 7.51. The molecule has 2 aromatic carbocycles. The second kappa shape index (κ2) is 13.1. The summed E-state index contributed by atoms with van der Waals surface area (Å²) >= 11 is 0. The fraction of sp³-hybridized carbons (Fsp3) is 0.302. The molecule has 2 fully saturated rings. The quantitative estimate of drug-likeness (QED) is 0.173. The Kier molecular flexibility index (Phi) is 8.28. The monoisotopic (exact) mass is 736 g/mol. The Labute approximate surface area is 318 Å². The van der Waals surface area contributed by atoms with Gasteiger partial charge in [0.15, 0.2) is 11.5 Å². The van der Waals surface area contributed by atoms with Gasteiger partial charge in [0.2, 0.25) is 23.6 Å². The van der Waals surface area contributed by atoms with E-state index in [1.165, 1.54) is 0 Å². The molecule has 12 heteroatoms. The molecular formula is C43H40N6O6. The van der Waals surface area contributed by atoms with Crippen molar-refractivity contribution in [2.45, 2.75) is 57.5 Å². The van der Waals surface area contributed by atoms with Crippen molar-refractivity contribution in [3.8, 4) is 45.6 Å². The number of anilines is 2. The number of rotatable bonds is 6. The Morgan fingerprint density at radius 1 is 0.600 bits per heavy atom. The first-order chi connectivity index (χ1) is 26.5. The molecule has 0 bridgehead atoms. The van der Waals surface area contributed by atoms with Crippen LogP contribution in [0.3, 0.4) is 0 Å². The summed E-state index contributed by atoms with van der Waals surface area (Å²) in [7, 11) is 0. The third-order valence-electron chi connectivity index (χ3n) is 11.0. The maximum Gasteiger partial charge on any atom is 0.237 e. The van der Waals surface area contributed by atoms with Gasteiger partial charge in [-0.3, -0.25) is 19.6 Å². The van der Waals surface area contributed by atoms with Crippen molar-refractivity contribution in [3.05, 3.63) is 108 Å². The molecular weight excluding hydrogens is 697 g/mol. The van der Waals surface area contributed by atoms with Crippen molar-refractivity contribution in [3.63, 3.8) is 0 Å². The van der Waals surface area contributed by atoms with Crippen molar-refractivity contribution in [2.24, 2.45) is 0 Å². The number of fused-ring (bicyclic) bond motifs is 2. The summed E-state index contributed by atoms with van der Waals surface area (Å²) in [6, 6.07) is 19.9. The minimum atomic E-state index is -0.538. The maximum absolute atomic E-state index is 13.0. The minimum Gasteiger partial charge on any atom is -0.436 e. The number of hydrogen-bond acceptors (Lipinski definition) is 10. The first-order valence-electron chi connectivity index (χ1n) is 18.4. The van der Waals surface area contributed by atoms with Gasteiger partial charge < -0.3 is 28.1 Å². The SMILES string of the molecule is CC1(C)C(=O)N(C2COC2)c2cc(-c3cnc(-c4cccnc4)o3)ccc21.Cc1ccc(-c2ncc(-c3ccc4c(c3)N(C3COC3)C(=O)C4(C)C)o2)cn1. The van der Waals surface area contributed by atoms with Gasteiger partial charge in [-0.25, -0.2) is 9.97 Å². The van der Waals surface area contributed by atoms with Crippen molar-refractivity contribution in [2.75, 3.05) is 36.2 Å². The molecule has 0 atom stereocenters. The largest absolute Gasteiger partial charge is 0.436 e. The summed E-state index contributed by atoms with van der Waals surface area (Å²) in [5, 5.41) is 0. The summed E-state index contributed by atoms with van der Waals surface area (Å²) in [5.41, 5.74) is 7.28. The molecule has 0 aliphatic carbocycles. The average Bonchev–Trinajstić information content (AvgIpc) is 3.92. The lowest BCUT2D eigenvalue weighted by Gasteiger charge is -2.35. The summed E-state index contributed by atoms with van der Waals surface area (Å²) in [6.45, 7) is 12.2. The van der Waals surface area contributed by atoms with Crippen LogP contribution >= 0.6 is 0 Å². The van der Waals surface area contributed by atoms with Gasteiger partial charge in [0, 0.05) is 46.8 Å². The topological polar surface area (TPSA) is 137 Å². The fourth-order valence-electron chi connectivity index (χ4n) is 7.51. The van der Waals surface area contributed by atoms with Gasteiger partial charge in [0.05, 0.1) is 72.9 Å². The highest BCUT2D eigenvalue weighted by atomic mass is 16.5. The molecule has 0 radical (unpaired) electrons. The van der Waals surface area contributed by atoms with E-state index in [0.29, 0.717) is 49.7 Å². The van der Waals surface area contributed by atoms with Crippen LogP contribution in [0.15, 0.2) is 100 Å². The number of nitrogens with zero attached hydrogens (tertiary/aromatic N) is 6. The predicted octanol–water partition coefficient (Wildman–Crippen LogP) is 7.16. The van der Waals surface area contributed by atoms with E-state index >= 15 is 0 Å². The molecule has 0 N–H and O–H groups in total. The van der Waals surface area contributed by atoms with Gasteiger partial charge in [-0.2, -0.15) is 0 Å². The normalized spacial score (nSPS) is 18.3. The van der Waals surface area contributed by atoms with Crippen LogP contribution in [-0.2, 0) is 29.9 Å². The van der Waals surface area contributed by atoms with E-state index in [0.717, 1.165) is 50.4 Å². The number of pyridine rings is 2. The lowest BCUT2D eigenvalue weighted by molar-refractivity contribution is -0.125. The zero-order valence-corrected chi connectivity index (χ0v) is 31.3. The van der Waals surface area contributed by atoms with Gasteiger partial charge in [0.1, 0.15) is 0 Å². The smallest absolute Gasteiger partial charge is 0.237 e. The van der Waals surface area contributed by atoms with Crippen molar-refractivity contribution >= 4 is 23.2 Å². The van der Waals surface area contributed by atoms with Gasteiger partial charge in [0.25, 0.3) is 0 Å². The van der Waals surface area contributed by atoms with E-state index in [4.69, 9.17) is 18.3 Å². The van der Waals surface area contributed by atoms with Crippen molar-refractivity contribution < 1.29 is 27.9 Å². The third-order valence-corrected chi connectivity index (χ3v) is 11.0. The van der Waals surface area contributed by atoms with Crippen LogP contribution < -0.4 is 9.80 Å². The molecule has 4 aliphatic heterocycles. The molecule has 8 heterocycles. The zero-order valence-electron chi connectivity index (χ0n) is 31.3. The molecule has 0 saturated carbocycles. The van der Waals surface area contributed by atoms with Crippen LogP contribution in [0, 0.1) is 6.92 Å². The summed E-state index contributed by atoms with van der Waals surface area (Å²) in [5.74, 6) is 2.63. The Bertz CT molecular complexity index is 2430. The standard InChI is InChI=1S/C22H21N3O3.C21H19N3O3/c1-13-4-5-15(9-23-13)20-24-10-19(28-20)14-6-7-17-18(8-14)25(16-11-27-12-16)21(26)22(17,2)3;1-21(2)16-6-5-13(8-17(16)24(20(21)25)15-11-26-12-15)18-10-23-19(27-18)14-4-3-7-22-9-14/h4-10,16H,11-12H2,1-3H3;3-10,15H,11-12H2,1-2H3.